The van der Waals surface area contributed by atoms with Gasteiger partial charge in [0.25, 0.3) is 0 Å². The van der Waals surface area contributed by atoms with Gasteiger partial charge in [0.15, 0.2) is 5.96 Å². The van der Waals surface area contributed by atoms with Crippen molar-refractivity contribution in [2.45, 2.75) is 94.4 Å². The van der Waals surface area contributed by atoms with E-state index in [1.807, 2.05) is 0 Å². The molecule has 18 nitrogen and oxygen atoms in total. The number of carboxylic acids is 2. The minimum absolute atomic E-state index is 0.0410. The third-order valence-electron chi connectivity index (χ3n) is 7.39. The largest absolute Gasteiger partial charge is 0.481 e. The zero-order valence-electron chi connectivity index (χ0n) is 24.4. The van der Waals surface area contributed by atoms with E-state index in [-0.39, 0.29) is 57.6 Å². The molecular formula is C26H43N9O9. The molecule has 44 heavy (non-hydrogen) atoms. The Balaban J connectivity index is 2.14. The van der Waals surface area contributed by atoms with E-state index >= 15 is 0 Å². The predicted octanol–water partition coefficient (Wildman–Crippen LogP) is -3.34. The Morgan fingerprint density at radius 2 is 1.55 bits per heavy atom. The van der Waals surface area contributed by atoms with Crippen LogP contribution in [0.5, 0.6) is 0 Å². The molecule has 0 radical (unpaired) electrons. The Morgan fingerprint density at radius 1 is 0.864 bits per heavy atom. The standard InChI is InChI=1S/C26H43N9O9/c27-19(36)9-7-16(33-21(39)14-4-1-11-30-14)24(42)35-13-3-6-18(35)23(41)32-15(8-10-20(37)38)22(40)34-17(25(43)44)5-2-12-31-26(28)29/h14-18,30H,1-13H2,(H2,27,36)(H,32,41)(H,33,39)(H,34,40)(H,37,38)(H,43,44)(H4,28,29,31)/t14-,15-,16-,17-,18-/m0/s1. The first kappa shape index (κ1) is 35.7. The van der Waals surface area contributed by atoms with Crippen molar-refractivity contribution < 1.29 is 43.8 Å². The van der Waals surface area contributed by atoms with Gasteiger partial charge in [0, 0.05) is 25.9 Å². The number of aliphatic carboxylic acids is 2. The summed E-state index contributed by atoms with van der Waals surface area (Å²) in [5, 5.41) is 38.9. The normalized spacial score (nSPS) is 19.7. The molecule has 0 spiro atoms. The molecule has 18 heteroatoms. The quantitative estimate of drug-likeness (QED) is 0.0406. The van der Waals surface area contributed by atoms with Gasteiger partial charge in [-0.1, -0.05) is 0 Å². The van der Waals surface area contributed by atoms with Crippen molar-refractivity contribution in [1.29, 1.82) is 5.41 Å². The fraction of sp³-hybridized carbons (Fsp3) is 0.692. The van der Waals surface area contributed by atoms with Crippen molar-refractivity contribution in [3.8, 4) is 0 Å². The number of carbonyl (C=O) groups excluding carboxylic acids is 5. The van der Waals surface area contributed by atoms with Crippen LogP contribution in [0.25, 0.3) is 0 Å². The minimum Gasteiger partial charge on any atom is -0.481 e. The lowest BCUT2D eigenvalue weighted by molar-refractivity contribution is -0.144. The minimum atomic E-state index is -1.42. The lowest BCUT2D eigenvalue weighted by Gasteiger charge is -2.30. The smallest absolute Gasteiger partial charge is 0.326 e. The molecule has 12 N–H and O–H groups in total. The van der Waals surface area contributed by atoms with Crippen LogP contribution in [0.15, 0.2) is 0 Å². The van der Waals surface area contributed by atoms with E-state index in [2.05, 4.69) is 26.6 Å². The predicted molar refractivity (Wildman–Crippen MR) is 154 cm³/mol. The number of hydrogen-bond donors (Lipinski definition) is 10. The molecule has 246 valence electrons. The number of primary amides is 1. The van der Waals surface area contributed by atoms with E-state index in [1.54, 1.807) is 0 Å². The third kappa shape index (κ3) is 11.7. The number of likely N-dealkylation sites (tertiary alicyclic amines) is 1. The van der Waals surface area contributed by atoms with Gasteiger partial charge in [-0.15, -0.1) is 0 Å². The van der Waals surface area contributed by atoms with Crippen molar-refractivity contribution in [3.63, 3.8) is 0 Å². The average Bonchev–Trinajstić information content (AvgIpc) is 3.67. The van der Waals surface area contributed by atoms with Gasteiger partial charge in [-0.3, -0.25) is 34.2 Å². The van der Waals surface area contributed by atoms with E-state index in [4.69, 9.17) is 22.0 Å². The lowest BCUT2D eigenvalue weighted by atomic mass is 10.1. The molecule has 0 aromatic rings. The van der Waals surface area contributed by atoms with Gasteiger partial charge in [-0.25, -0.2) is 4.79 Å². The van der Waals surface area contributed by atoms with Crippen LogP contribution >= 0.6 is 0 Å². The number of carboxylic acid groups (broad SMARTS) is 2. The number of nitrogens with one attached hydrogen (secondary N) is 6. The van der Waals surface area contributed by atoms with Crippen LogP contribution in [0.1, 0.15) is 64.2 Å². The van der Waals surface area contributed by atoms with Crippen LogP contribution < -0.4 is 38.1 Å². The Hall–Kier alpha value is -4.48. The van der Waals surface area contributed by atoms with Crippen LogP contribution in [0.4, 0.5) is 0 Å². The van der Waals surface area contributed by atoms with E-state index in [9.17, 15) is 38.7 Å². The molecule has 0 aliphatic carbocycles. The maximum Gasteiger partial charge on any atom is 0.326 e. The zero-order chi connectivity index (χ0) is 32.8. The van der Waals surface area contributed by atoms with E-state index < -0.39 is 78.1 Å². The number of nitrogens with zero attached hydrogens (tertiary/aromatic N) is 1. The second-order valence-electron chi connectivity index (χ2n) is 10.8. The topological polar surface area (TPSA) is 299 Å². The molecule has 2 heterocycles. The van der Waals surface area contributed by atoms with Gasteiger partial charge in [-0.2, -0.15) is 0 Å². The summed E-state index contributed by atoms with van der Waals surface area (Å²) in [6.07, 6.45) is 1.06. The molecule has 2 aliphatic heterocycles. The molecular weight excluding hydrogens is 582 g/mol. The van der Waals surface area contributed by atoms with E-state index in [0.29, 0.717) is 19.4 Å². The van der Waals surface area contributed by atoms with Gasteiger partial charge < -0.3 is 53.2 Å². The highest BCUT2D eigenvalue weighted by Gasteiger charge is 2.40. The van der Waals surface area contributed by atoms with Crippen LogP contribution in [0.2, 0.25) is 0 Å². The highest BCUT2D eigenvalue weighted by Crippen LogP contribution is 2.21. The van der Waals surface area contributed by atoms with Crippen molar-refractivity contribution >= 4 is 47.4 Å². The van der Waals surface area contributed by atoms with Crippen molar-refractivity contribution in [3.05, 3.63) is 0 Å². The SMILES string of the molecule is N=C(N)NCCC[C@H](NC(=O)[C@H](CCC(=O)O)NC(=O)[C@@H]1CCCN1C(=O)[C@H](CCC(N)=O)NC(=O)[C@@H]1CCCN1)C(=O)O. The van der Waals surface area contributed by atoms with Crippen molar-refractivity contribution in [2.75, 3.05) is 19.6 Å². The second kappa shape index (κ2) is 17.6. The van der Waals surface area contributed by atoms with Gasteiger partial charge in [0.2, 0.25) is 29.5 Å². The summed E-state index contributed by atoms with van der Waals surface area (Å²) < 4.78 is 0. The molecule has 0 aromatic carbocycles. The van der Waals surface area contributed by atoms with Gasteiger partial charge in [-0.05, 0) is 57.9 Å². The monoisotopic (exact) mass is 625 g/mol. The number of rotatable bonds is 18. The maximum atomic E-state index is 13.6. The molecule has 0 saturated carbocycles. The summed E-state index contributed by atoms with van der Waals surface area (Å²) in [5.41, 5.74) is 10.5. The fourth-order valence-corrected chi connectivity index (χ4v) is 5.09. The molecule has 2 fully saturated rings. The van der Waals surface area contributed by atoms with Gasteiger partial charge >= 0.3 is 11.9 Å². The Bertz CT molecular complexity index is 1100. The highest BCUT2D eigenvalue weighted by molar-refractivity contribution is 5.96. The average molecular weight is 626 g/mol. The number of amides is 5. The molecule has 0 bridgehead atoms. The van der Waals surface area contributed by atoms with Crippen LogP contribution in [-0.2, 0) is 33.6 Å². The number of hydrogen-bond acceptors (Lipinski definition) is 9. The first-order valence-electron chi connectivity index (χ1n) is 14.6. The number of nitrogens with two attached hydrogens (primary N) is 2. The summed E-state index contributed by atoms with van der Waals surface area (Å²) in [4.78, 5) is 88.4. The third-order valence-corrected chi connectivity index (χ3v) is 7.39. The Labute approximate surface area is 253 Å². The number of guanidine groups is 1. The van der Waals surface area contributed by atoms with Crippen LogP contribution in [0, 0.1) is 5.41 Å². The first-order chi connectivity index (χ1) is 20.8. The highest BCUT2D eigenvalue weighted by atomic mass is 16.4. The molecule has 0 unspecified atom stereocenters. The Morgan fingerprint density at radius 3 is 2.14 bits per heavy atom. The second-order valence-corrected chi connectivity index (χ2v) is 10.8. The lowest BCUT2D eigenvalue weighted by Crippen LogP contribution is -2.58. The van der Waals surface area contributed by atoms with Crippen LogP contribution in [0.3, 0.4) is 0 Å². The summed E-state index contributed by atoms with van der Waals surface area (Å²) >= 11 is 0. The molecule has 5 amide bonds. The zero-order valence-corrected chi connectivity index (χ0v) is 24.4. The Kier molecular flexibility index (Phi) is 14.3. The molecule has 2 rings (SSSR count). The van der Waals surface area contributed by atoms with Crippen molar-refractivity contribution in [1.82, 2.24) is 31.5 Å². The summed E-state index contributed by atoms with van der Waals surface area (Å²) in [6.45, 7) is 0.980. The summed E-state index contributed by atoms with van der Waals surface area (Å²) in [7, 11) is 0. The molecule has 2 aliphatic rings. The van der Waals surface area contributed by atoms with E-state index in [0.717, 1.165) is 6.42 Å². The molecule has 2 saturated heterocycles. The first-order valence-corrected chi connectivity index (χ1v) is 14.6. The van der Waals surface area contributed by atoms with Gasteiger partial charge in [0.05, 0.1) is 6.04 Å². The van der Waals surface area contributed by atoms with Gasteiger partial charge in [0.1, 0.15) is 24.2 Å². The molecule has 5 atom stereocenters. The van der Waals surface area contributed by atoms with Crippen LogP contribution in [-0.4, -0.2) is 112 Å². The maximum absolute atomic E-state index is 13.6. The number of carbonyl (C=O) groups is 7. The summed E-state index contributed by atoms with van der Waals surface area (Å²) in [6, 6.07) is -5.48. The van der Waals surface area contributed by atoms with E-state index in [1.165, 1.54) is 4.90 Å². The summed E-state index contributed by atoms with van der Waals surface area (Å²) in [5.74, 6) is -6.26. The fourth-order valence-electron chi connectivity index (χ4n) is 5.09. The van der Waals surface area contributed by atoms with Crippen molar-refractivity contribution in [2.24, 2.45) is 11.5 Å². The molecule has 0 aromatic heterocycles.